The summed E-state index contributed by atoms with van der Waals surface area (Å²) in [5.74, 6) is 0.370. The molecule has 8 heteroatoms. The van der Waals surface area contributed by atoms with Crippen LogP contribution in [0.15, 0.2) is 54.9 Å². The van der Waals surface area contributed by atoms with E-state index in [2.05, 4.69) is 15.7 Å². The van der Waals surface area contributed by atoms with Crippen molar-refractivity contribution in [3.8, 4) is 5.75 Å². The molecule has 5 nitrogen and oxygen atoms in total. The normalized spacial score (nSPS) is 10.4. The Kier molecular flexibility index (Phi) is 5.70. The number of hydrogen-bond donors (Lipinski definition) is 2. The van der Waals surface area contributed by atoms with Crippen LogP contribution in [0.4, 0.5) is 15.8 Å². The largest absolute Gasteiger partial charge is 0.495 e. The van der Waals surface area contributed by atoms with E-state index in [0.717, 1.165) is 11.3 Å². The molecule has 0 fully saturated rings. The molecule has 1 aromatic heterocycles. The topological polar surface area (TPSA) is 51.1 Å². The second kappa shape index (κ2) is 8.16. The van der Waals surface area contributed by atoms with Crippen LogP contribution < -0.4 is 15.4 Å². The third-order valence-corrected chi connectivity index (χ3v) is 4.00. The smallest absolute Gasteiger partial charge is 0.175 e. The number of nitrogens with zero attached hydrogens (tertiary/aromatic N) is 2. The Morgan fingerprint density at radius 1 is 1.23 bits per heavy atom. The molecule has 3 aromatic rings. The van der Waals surface area contributed by atoms with Crippen molar-refractivity contribution in [3.05, 3.63) is 71.3 Å². The van der Waals surface area contributed by atoms with Crippen molar-refractivity contribution in [2.75, 3.05) is 17.7 Å². The molecule has 0 unspecified atom stereocenters. The molecular formula is C18H16ClFN4OS. The zero-order chi connectivity index (χ0) is 18.5. The average molecular weight is 391 g/mol. The highest BCUT2D eigenvalue weighted by Crippen LogP contribution is 2.27. The SMILES string of the molecule is COc1ccc(Cl)cc1NC(=S)Nc1cnn(Cc2ccc(F)cc2)c1. The Hall–Kier alpha value is -2.64. The number of nitrogens with one attached hydrogen (secondary N) is 2. The first-order chi connectivity index (χ1) is 12.5. The number of anilines is 2. The summed E-state index contributed by atoms with van der Waals surface area (Å²) in [5, 5.41) is 11.3. The zero-order valence-electron chi connectivity index (χ0n) is 13.9. The summed E-state index contributed by atoms with van der Waals surface area (Å²) in [5.41, 5.74) is 2.34. The lowest BCUT2D eigenvalue weighted by Gasteiger charge is -2.12. The maximum atomic E-state index is 13.0. The summed E-state index contributed by atoms with van der Waals surface area (Å²) in [6.07, 6.45) is 3.47. The van der Waals surface area contributed by atoms with Gasteiger partial charge in [-0.1, -0.05) is 23.7 Å². The van der Waals surface area contributed by atoms with Crippen molar-refractivity contribution in [1.29, 1.82) is 0 Å². The van der Waals surface area contributed by atoms with Crippen LogP contribution in [0, 0.1) is 5.82 Å². The van der Waals surface area contributed by atoms with E-state index in [0.29, 0.717) is 28.1 Å². The second-order valence-electron chi connectivity index (χ2n) is 5.48. The molecule has 2 N–H and O–H groups in total. The van der Waals surface area contributed by atoms with Crippen LogP contribution in [0.25, 0.3) is 0 Å². The van der Waals surface area contributed by atoms with Gasteiger partial charge in [0.2, 0.25) is 0 Å². The standard InChI is InChI=1S/C18H16ClFN4OS/c1-25-17-7-4-13(19)8-16(17)23-18(26)22-15-9-21-24(11-15)10-12-2-5-14(20)6-3-12/h2-9,11H,10H2,1H3,(H2,22,23,26). The first kappa shape index (κ1) is 18.2. The van der Waals surface area contributed by atoms with Crippen molar-refractivity contribution in [2.24, 2.45) is 0 Å². The van der Waals surface area contributed by atoms with Crippen LogP contribution in [0.3, 0.4) is 0 Å². The fraction of sp³-hybridized carbons (Fsp3) is 0.111. The third-order valence-electron chi connectivity index (χ3n) is 3.56. The molecule has 0 aliphatic rings. The van der Waals surface area contributed by atoms with E-state index in [4.69, 9.17) is 28.6 Å². The molecule has 0 aliphatic heterocycles. The van der Waals surface area contributed by atoms with Crippen molar-refractivity contribution < 1.29 is 9.13 Å². The highest BCUT2D eigenvalue weighted by atomic mass is 35.5. The van der Waals surface area contributed by atoms with Crippen molar-refractivity contribution in [1.82, 2.24) is 9.78 Å². The number of benzene rings is 2. The maximum absolute atomic E-state index is 13.0. The Morgan fingerprint density at radius 2 is 2.00 bits per heavy atom. The van der Waals surface area contributed by atoms with Gasteiger partial charge in [-0.05, 0) is 48.1 Å². The molecular weight excluding hydrogens is 375 g/mol. The summed E-state index contributed by atoms with van der Waals surface area (Å²) in [4.78, 5) is 0. The van der Waals surface area contributed by atoms with Crippen LogP contribution in [0.1, 0.15) is 5.56 Å². The molecule has 0 atom stereocenters. The van der Waals surface area contributed by atoms with E-state index < -0.39 is 0 Å². The third kappa shape index (κ3) is 4.71. The molecule has 134 valence electrons. The highest BCUT2D eigenvalue weighted by molar-refractivity contribution is 7.80. The van der Waals surface area contributed by atoms with Gasteiger partial charge in [-0.15, -0.1) is 0 Å². The number of hydrogen-bond acceptors (Lipinski definition) is 3. The van der Waals surface area contributed by atoms with Crippen molar-refractivity contribution in [2.45, 2.75) is 6.54 Å². The van der Waals surface area contributed by atoms with E-state index in [1.54, 1.807) is 48.3 Å². The van der Waals surface area contributed by atoms with Crippen LogP contribution in [-0.4, -0.2) is 22.0 Å². The minimum atomic E-state index is -0.260. The number of rotatable bonds is 5. The van der Waals surface area contributed by atoms with Crippen LogP contribution in [0.2, 0.25) is 5.02 Å². The molecule has 0 aliphatic carbocycles. The summed E-state index contributed by atoms with van der Waals surface area (Å²) in [6, 6.07) is 11.5. The van der Waals surface area contributed by atoms with Gasteiger partial charge in [0, 0.05) is 11.2 Å². The molecule has 1 heterocycles. The van der Waals surface area contributed by atoms with Gasteiger partial charge in [-0.25, -0.2) is 4.39 Å². The Balaban J connectivity index is 1.62. The van der Waals surface area contributed by atoms with Gasteiger partial charge in [-0.2, -0.15) is 5.10 Å². The van der Waals surface area contributed by atoms with Crippen molar-refractivity contribution in [3.63, 3.8) is 0 Å². The number of thiocarbonyl (C=S) groups is 1. The lowest BCUT2D eigenvalue weighted by Crippen LogP contribution is -2.19. The first-order valence-electron chi connectivity index (χ1n) is 7.72. The van der Waals surface area contributed by atoms with Gasteiger partial charge in [0.15, 0.2) is 5.11 Å². The monoisotopic (exact) mass is 390 g/mol. The van der Waals surface area contributed by atoms with Gasteiger partial charge >= 0.3 is 0 Å². The van der Waals surface area contributed by atoms with Gasteiger partial charge in [0.25, 0.3) is 0 Å². The predicted molar refractivity (Wildman–Crippen MR) is 106 cm³/mol. The molecule has 0 spiro atoms. The highest BCUT2D eigenvalue weighted by Gasteiger charge is 2.07. The van der Waals surface area contributed by atoms with E-state index >= 15 is 0 Å². The lowest BCUT2D eigenvalue weighted by atomic mass is 10.2. The number of aromatic nitrogens is 2. The van der Waals surface area contributed by atoms with E-state index in [-0.39, 0.29) is 5.82 Å². The lowest BCUT2D eigenvalue weighted by molar-refractivity contribution is 0.417. The Labute approximate surface area is 160 Å². The fourth-order valence-electron chi connectivity index (χ4n) is 2.35. The zero-order valence-corrected chi connectivity index (χ0v) is 15.4. The molecule has 0 saturated heterocycles. The first-order valence-corrected chi connectivity index (χ1v) is 8.50. The Morgan fingerprint density at radius 3 is 2.73 bits per heavy atom. The minimum absolute atomic E-state index is 0.260. The van der Waals surface area contributed by atoms with E-state index in [9.17, 15) is 4.39 Å². The van der Waals surface area contributed by atoms with E-state index in [1.807, 2.05) is 6.20 Å². The molecule has 0 amide bonds. The maximum Gasteiger partial charge on any atom is 0.175 e. The number of methoxy groups -OCH3 is 1. The quantitative estimate of drug-likeness (QED) is 0.626. The van der Waals surface area contributed by atoms with Gasteiger partial charge in [0.05, 0.1) is 31.2 Å². The molecule has 0 bridgehead atoms. The van der Waals surface area contributed by atoms with Gasteiger partial charge in [0.1, 0.15) is 11.6 Å². The number of halogens is 2. The Bertz CT molecular complexity index is 914. The second-order valence-corrected chi connectivity index (χ2v) is 6.32. The molecule has 3 rings (SSSR count). The fourth-order valence-corrected chi connectivity index (χ4v) is 2.75. The van der Waals surface area contributed by atoms with Gasteiger partial charge < -0.3 is 15.4 Å². The van der Waals surface area contributed by atoms with Crippen molar-refractivity contribution >= 4 is 40.3 Å². The molecule has 26 heavy (non-hydrogen) atoms. The molecule has 0 radical (unpaired) electrons. The van der Waals surface area contributed by atoms with Crippen LogP contribution >= 0.6 is 23.8 Å². The number of ether oxygens (including phenoxy) is 1. The molecule has 2 aromatic carbocycles. The van der Waals surface area contributed by atoms with Gasteiger partial charge in [-0.3, -0.25) is 4.68 Å². The minimum Gasteiger partial charge on any atom is -0.495 e. The summed E-state index contributed by atoms with van der Waals surface area (Å²) in [7, 11) is 1.57. The predicted octanol–water partition coefficient (Wildman–Crippen LogP) is 4.54. The summed E-state index contributed by atoms with van der Waals surface area (Å²) in [6.45, 7) is 0.532. The molecule has 0 saturated carbocycles. The van der Waals surface area contributed by atoms with Crippen LogP contribution in [0.5, 0.6) is 5.75 Å². The van der Waals surface area contributed by atoms with Crippen LogP contribution in [-0.2, 0) is 6.54 Å². The summed E-state index contributed by atoms with van der Waals surface area (Å²) < 4.78 is 20.0. The van der Waals surface area contributed by atoms with E-state index in [1.165, 1.54) is 12.1 Å². The average Bonchev–Trinajstić information content (AvgIpc) is 3.04. The summed E-state index contributed by atoms with van der Waals surface area (Å²) >= 11 is 11.3.